The average molecular weight is 507 g/mol. The van der Waals surface area contributed by atoms with Crippen molar-refractivity contribution in [1.29, 1.82) is 0 Å². The van der Waals surface area contributed by atoms with Crippen LogP contribution in [0.2, 0.25) is 5.02 Å². The van der Waals surface area contributed by atoms with Crippen molar-refractivity contribution >= 4 is 41.9 Å². The minimum absolute atomic E-state index is 0.0792. The molecule has 1 aromatic heterocycles. The smallest absolute Gasteiger partial charge is 0.255 e. The molecule has 2 atom stereocenters. The first kappa shape index (κ1) is 26.1. The lowest BCUT2D eigenvalue weighted by atomic mass is 9.98. The van der Waals surface area contributed by atoms with Crippen molar-refractivity contribution in [2.75, 3.05) is 27.4 Å². The van der Waals surface area contributed by atoms with Crippen LogP contribution in [0.4, 0.5) is 4.39 Å². The Morgan fingerprint density at radius 1 is 1.21 bits per heavy atom. The monoisotopic (exact) mass is 506 g/mol. The highest BCUT2D eigenvalue weighted by atomic mass is 35.5. The fourth-order valence-electron chi connectivity index (χ4n) is 3.85. The summed E-state index contributed by atoms with van der Waals surface area (Å²) < 4.78 is 29.5. The molecule has 1 N–H and O–H groups in total. The molecule has 9 heteroatoms. The minimum Gasteiger partial charge on any atom is -0.495 e. The van der Waals surface area contributed by atoms with Gasteiger partial charge in [-0.05, 0) is 56.2 Å². The lowest BCUT2D eigenvalue weighted by Crippen LogP contribution is -2.27. The summed E-state index contributed by atoms with van der Waals surface area (Å²) >= 11 is 5.78. The highest BCUT2D eigenvalue weighted by Gasteiger charge is 2.19. The molecule has 6 nitrogen and oxygen atoms in total. The SMILES string of the molecule is CCC(CCC(=O)c1ccc(Cl)cc1F)Cp1cc2c(OC)c(C(=O)NCCOC)ccc2n1. The average Bonchev–Trinajstić information content (AvgIpc) is 3.23. The minimum atomic E-state index is -0.815. The number of nitrogens with one attached hydrogen (secondary N) is 1. The van der Waals surface area contributed by atoms with E-state index in [1.807, 2.05) is 6.07 Å². The first-order valence-electron chi connectivity index (χ1n) is 11.2. The van der Waals surface area contributed by atoms with E-state index < -0.39 is 13.5 Å². The van der Waals surface area contributed by atoms with Crippen LogP contribution in [-0.4, -0.2) is 43.8 Å². The second-order valence-corrected chi connectivity index (χ2v) is 10.2. The second kappa shape index (κ2) is 12.3. The van der Waals surface area contributed by atoms with Gasteiger partial charge in [0.15, 0.2) is 5.78 Å². The lowest BCUT2D eigenvalue weighted by molar-refractivity contribution is 0.0932. The molecule has 2 aromatic carbocycles. The van der Waals surface area contributed by atoms with Gasteiger partial charge in [-0.15, -0.1) is 0 Å². The van der Waals surface area contributed by atoms with Crippen molar-refractivity contribution in [1.82, 2.24) is 10.1 Å². The molecule has 0 aliphatic carbocycles. The highest BCUT2D eigenvalue weighted by molar-refractivity contribution is 7.44. The number of amides is 1. The van der Waals surface area contributed by atoms with Crippen LogP contribution in [0.15, 0.2) is 36.1 Å². The summed E-state index contributed by atoms with van der Waals surface area (Å²) in [7, 11) is 2.31. The number of carbonyl (C=O) groups is 2. The van der Waals surface area contributed by atoms with Gasteiger partial charge >= 0.3 is 0 Å². The quantitative estimate of drug-likeness (QED) is 0.238. The number of hydrogen-bond donors (Lipinski definition) is 1. The van der Waals surface area contributed by atoms with Crippen molar-refractivity contribution in [3.05, 3.63) is 58.1 Å². The Morgan fingerprint density at radius 3 is 2.65 bits per heavy atom. The van der Waals surface area contributed by atoms with E-state index in [0.29, 0.717) is 30.9 Å². The van der Waals surface area contributed by atoms with Crippen LogP contribution in [0.1, 0.15) is 46.9 Å². The van der Waals surface area contributed by atoms with E-state index in [4.69, 9.17) is 25.8 Å². The summed E-state index contributed by atoms with van der Waals surface area (Å²) in [6.07, 6.45) is 2.62. The van der Waals surface area contributed by atoms with Crippen molar-refractivity contribution in [2.45, 2.75) is 32.3 Å². The predicted octanol–water partition coefficient (Wildman–Crippen LogP) is 6.09. The van der Waals surface area contributed by atoms with E-state index >= 15 is 0 Å². The molecule has 2 unspecified atom stereocenters. The molecule has 34 heavy (non-hydrogen) atoms. The van der Waals surface area contributed by atoms with Gasteiger partial charge in [-0.3, -0.25) is 9.59 Å². The number of methoxy groups -OCH3 is 2. The third-order valence-corrected chi connectivity index (χ3v) is 7.92. The zero-order valence-electron chi connectivity index (χ0n) is 19.6. The Kier molecular flexibility index (Phi) is 9.45. The van der Waals surface area contributed by atoms with E-state index in [2.05, 4.69) is 18.0 Å². The number of carbonyl (C=O) groups excluding carboxylic acids is 2. The Balaban J connectivity index is 1.71. The Labute approximate surface area is 204 Å². The summed E-state index contributed by atoms with van der Waals surface area (Å²) in [6.45, 7) is 2.92. The van der Waals surface area contributed by atoms with Crippen LogP contribution in [-0.2, 0) is 10.9 Å². The molecule has 1 amide bonds. The predicted molar refractivity (Wildman–Crippen MR) is 134 cm³/mol. The molecular formula is C25H29ClFN2O4P. The number of nitrogens with zero attached hydrogens (tertiary/aromatic N) is 1. The molecule has 3 rings (SSSR count). The van der Waals surface area contributed by atoms with Crippen LogP contribution in [0, 0.1) is 11.7 Å². The number of Topliss-reactive ketones (excluding diaryl/α,β-unsaturated/α-hetero) is 1. The van der Waals surface area contributed by atoms with Crippen molar-refractivity contribution < 1.29 is 23.5 Å². The number of aromatic nitrogens is 1. The van der Waals surface area contributed by atoms with Gasteiger partial charge in [0, 0.05) is 36.6 Å². The van der Waals surface area contributed by atoms with Crippen LogP contribution >= 0.6 is 19.3 Å². The van der Waals surface area contributed by atoms with Gasteiger partial charge in [0.25, 0.3) is 5.91 Å². The molecule has 0 radical (unpaired) electrons. The van der Waals surface area contributed by atoms with Crippen LogP contribution < -0.4 is 10.1 Å². The third-order valence-electron chi connectivity index (χ3n) is 5.76. The number of ether oxygens (including phenoxy) is 2. The van der Waals surface area contributed by atoms with Gasteiger partial charge in [-0.1, -0.05) is 24.9 Å². The van der Waals surface area contributed by atoms with Crippen LogP contribution in [0.5, 0.6) is 5.75 Å². The van der Waals surface area contributed by atoms with Crippen LogP contribution in [0.25, 0.3) is 10.9 Å². The molecule has 0 aliphatic heterocycles. The van der Waals surface area contributed by atoms with Gasteiger partial charge in [0.05, 0.1) is 30.4 Å². The molecule has 0 fully saturated rings. The van der Waals surface area contributed by atoms with Gasteiger partial charge in [0.2, 0.25) is 0 Å². The molecule has 0 bridgehead atoms. The number of benzene rings is 2. The Hall–Kier alpha value is -2.47. The van der Waals surface area contributed by atoms with Crippen molar-refractivity contribution in [3.63, 3.8) is 0 Å². The number of hydrogen-bond acceptors (Lipinski definition) is 5. The van der Waals surface area contributed by atoms with Crippen molar-refractivity contribution in [3.8, 4) is 5.75 Å². The summed E-state index contributed by atoms with van der Waals surface area (Å²) in [5, 5.41) is 3.92. The Morgan fingerprint density at radius 2 is 1.97 bits per heavy atom. The molecule has 182 valence electrons. The normalized spacial score (nSPS) is 12.6. The van der Waals surface area contributed by atoms with Gasteiger partial charge in [-0.2, -0.15) is 0 Å². The van der Waals surface area contributed by atoms with E-state index in [-0.39, 0.29) is 34.6 Å². The largest absolute Gasteiger partial charge is 0.495 e. The van der Waals surface area contributed by atoms with E-state index in [1.165, 1.54) is 18.2 Å². The van der Waals surface area contributed by atoms with Gasteiger partial charge in [-0.25, -0.2) is 9.14 Å². The Bertz CT molecular complexity index is 1170. The summed E-state index contributed by atoms with van der Waals surface area (Å²) in [5.41, 5.74) is 1.35. The molecule has 1 heterocycles. The maximum Gasteiger partial charge on any atom is 0.255 e. The molecule has 0 spiro atoms. The first-order chi connectivity index (χ1) is 16.4. The summed E-state index contributed by atoms with van der Waals surface area (Å²) in [5.74, 6) is 1.84. The van der Waals surface area contributed by atoms with E-state index in [9.17, 15) is 14.0 Å². The highest BCUT2D eigenvalue weighted by Crippen LogP contribution is 2.40. The number of rotatable bonds is 12. The standard InChI is InChI=1S/C25H29ClFN2O4P/c1-4-16(5-10-23(30)18-7-6-17(26)13-21(18)27)14-34-15-20-22(29-34)9-8-19(24(20)33-3)25(31)28-11-12-32-2/h6-9,13,15-16H,4-5,10-12,14H2,1-3H3,(H,28,31). The molecular weight excluding hydrogens is 478 g/mol. The number of ketones is 1. The van der Waals surface area contributed by atoms with Gasteiger partial charge < -0.3 is 14.8 Å². The summed E-state index contributed by atoms with van der Waals surface area (Å²) in [6, 6.07) is 7.71. The molecule has 0 aliphatic rings. The van der Waals surface area contributed by atoms with Gasteiger partial charge in [0.1, 0.15) is 11.6 Å². The zero-order valence-corrected chi connectivity index (χ0v) is 21.2. The van der Waals surface area contributed by atoms with Crippen LogP contribution in [0.3, 0.4) is 0 Å². The van der Waals surface area contributed by atoms with E-state index in [1.54, 1.807) is 20.3 Å². The summed E-state index contributed by atoms with van der Waals surface area (Å²) in [4.78, 5) is 25.1. The molecule has 0 saturated carbocycles. The van der Waals surface area contributed by atoms with Crippen molar-refractivity contribution in [2.24, 2.45) is 5.92 Å². The second-order valence-electron chi connectivity index (χ2n) is 8.04. The fourth-order valence-corrected chi connectivity index (χ4v) is 6.22. The maximum absolute atomic E-state index is 14.1. The lowest BCUT2D eigenvalue weighted by Gasteiger charge is -2.13. The molecule has 0 saturated heterocycles. The van der Waals surface area contributed by atoms with E-state index in [0.717, 1.165) is 23.5 Å². The third kappa shape index (κ3) is 6.35. The number of halogens is 2. The zero-order chi connectivity index (χ0) is 24.7. The number of fused-ring (bicyclic) bond motifs is 1. The first-order valence-corrected chi connectivity index (χ1v) is 13.1. The topological polar surface area (TPSA) is 77.5 Å². The fraction of sp³-hybridized carbons (Fsp3) is 0.400. The maximum atomic E-state index is 14.1. The molecule has 3 aromatic rings.